The van der Waals surface area contributed by atoms with E-state index in [2.05, 4.69) is 77.1 Å². The first-order valence-electron chi connectivity index (χ1n) is 16.0. The molecular formula is C35H54O11Si. The molecule has 0 aromatic heterocycles. The van der Waals surface area contributed by atoms with E-state index in [1.54, 1.807) is 0 Å². The molecule has 2 fully saturated rings. The Balaban J connectivity index is 2.46. The van der Waals surface area contributed by atoms with Gasteiger partial charge >= 0.3 is 0 Å². The average molecular weight is 679 g/mol. The van der Waals surface area contributed by atoms with E-state index in [0.717, 1.165) is 0 Å². The molecule has 0 aliphatic carbocycles. The molecule has 2 saturated heterocycles. The van der Waals surface area contributed by atoms with E-state index in [4.69, 9.17) is 55.2 Å². The largest absolute Gasteiger partial charge is 0.407 e. The minimum absolute atomic E-state index is 0.0418. The van der Waals surface area contributed by atoms with Crippen molar-refractivity contribution in [2.45, 2.75) is 107 Å². The van der Waals surface area contributed by atoms with Crippen LogP contribution >= 0.6 is 0 Å². The minimum Gasteiger partial charge on any atom is -0.407 e. The molecule has 0 bridgehead atoms. The number of hydrogen-bond donors (Lipinski definition) is 2. The molecule has 11 nitrogen and oxygen atoms in total. The van der Waals surface area contributed by atoms with E-state index in [1.165, 1.54) is 21.3 Å². The summed E-state index contributed by atoms with van der Waals surface area (Å²) in [6.07, 6.45) is 5.21. The van der Waals surface area contributed by atoms with Gasteiger partial charge in [-0.2, -0.15) is 0 Å². The zero-order valence-electron chi connectivity index (χ0n) is 29.3. The molecule has 2 aliphatic rings. The smallest absolute Gasteiger partial charge is 0.201 e. The van der Waals surface area contributed by atoms with Crippen LogP contribution in [0.1, 0.15) is 41.5 Å². The first-order chi connectivity index (χ1) is 22.5. The second kappa shape index (κ2) is 20.5. The van der Waals surface area contributed by atoms with Gasteiger partial charge in [-0.15, -0.1) is 12.8 Å². The fraction of sp³-hybridized carbons (Fsp3) is 0.771. The van der Waals surface area contributed by atoms with Gasteiger partial charge in [0.2, 0.25) is 8.32 Å². The van der Waals surface area contributed by atoms with Crippen LogP contribution in [0.3, 0.4) is 0 Å². The third-order valence-corrected chi connectivity index (χ3v) is 14.9. The molecule has 12 heteroatoms. The number of aliphatic hydroxyl groups excluding tert-OH is 2. The van der Waals surface area contributed by atoms with Crippen molar-refractivity contribution < 1.29 is 52.5 Å². The van der Waals surface area contributed by atoms with E-state index in [1.807, 2.05) is 0 Å². The molecule has 0 amide bonds. The van der Waals surface area contributed by atoms with Gasteiger partial charge in [0.1, 0.15) is 50.9 Å². The molecule has 10 atom stereocenters. The third kappa shape index (κ3) is 10.3. The lowest BCUT2D eigenvalue weighted by atomic mass is 9.87. The lowest BCUT2D eigenvalue weighted by molar-refractivity contribution is -0.246. The average Bonchev–Trinajstić information content (AvgIpc) is 3.04. The van der Waals surface area contributed by atoms with Crippen molar-refractivity contribution in [1.29, 1.82) is 0 Å². The summed E-state index contributed by atoms with van der Waals surface area (Å²) >= 11 is 0. The zero-order chi connectivity index (χ0) is 35.1. The molecule has 2 rings (SSSR count). The Bertz CT molecular complexity index is 1120. The fourth-order valence-corrected chi connectivity index (χ4v) is 12.3. The molecule has 0 unspecified atom stereocenters. The second-order valence-corrected chi connectivity index (χ2v) is 17.9. The van der Waals surface area contributed by atoms with Crippen molar-refractivity contribution in [2.75, 3.05) is 54.9 Å². The van der Waals surface area contributed by atoms with Crippen LogP contribution in [0.25, 0.3) is 0 Å². The number of aliphatic hydroxyl groups is 2. The molecule has 0 aromatic rings. The van der Waals surface area contributed by atoms with Gasteiger partial charge in [-0.1, -0.05) is 65.2 Å². The van der Waals surface area contributed by atoms with Crippen molar-refractivity contribution in [3.8, 4) is 48.4 Å². The summed E-state index contributed by atoms with van der Waals surface area (Å²) in [5, 5.41) is 21.8. The van der Waals surface area contributed by atoms with Crippen molar-refractivity contribution in [3.63, 3.8) is 0 Å². The molecular weight excluding hydrogens is 624 g/mol. The summed E-state index contributed by atoms with van der Waals surface area (Å²) < 4.78 is 52.0. The summed E-state index contributed by atoms with van der Waals surface area (Å²) in [5.41, 5.74) is 0.743. The van der Waals surface area contributed by atoms with Crippen LogP contribution in [-0.4, -0.2) is 122 Å². The van der Waals surface area contributed by atoms with E-state index >= 15 is 0 Å². The SMILES string of the molecule is C#C[C@H]1[C@H](OCOC)[C@@H](OCOC)[C@H](C#CC#C[C@H]2[C@H](O)[C@@H](O[Si](C(C)C)(C(C)C)C(C)C)[C@H](C#C)O[C@@H]2CO)O[C@@H]1COCOC. The highest BCUT2D eigenvalue weighted by atomic mass is 28.4. The number of rotatable bonds is 16. The first-order valence-corrected chi connectivity index (χ1v) is 18.1. The van der Waals surface area contributed by atoms with Gasteiger partial charge < -0.3 is 52.5 Å². The van der Waals surface area contributed by atoms with E-state index < -0.39 is 75.6 Å². The Labute approximate surface area is 282 Å². The molecule has 0 saturated carbocycles. The Morgan fingerprint density at radius 2 is 1.26 bits per heavy atom. The van der Waals surface area contributed by atoms with Crippen LogP contribution in [0.4, 0.5) is 0 Å². The van der Waals surface area contributed by atoms with Crippen molar-refractivity contribution in [2.24, 2.45) is 11.8 Å². The molecule has 2 heterocycles. The highest BCUT2D eigenvalue weighted by molar-refractivity contribution is 6.77. The lowest BCUT2D eigenvalue weighted by Crippen LogP contribution is -2.61. The zero-order valence-corrected chi connectivity index (χ0v) is 30.3. The third-order valence-electron chi connectivity index (χ3n) is 8.76. The van der Waals surface area contributed by atoms with E-state index in [0.29, 0.717) is 0 Å². The quantitative estimate of drug-likeness (QED) is 0.108. The monoisotopic (exact) mass is 678 g/mol. The van der Waals surface area contributed by atoms with Crippen LogP contribution in [0.5, 0.6) is 0 Å². The molecule has 47 heavy (non-hydrogen) atoms. The van der Waals surface area contributed by atoms with Gasteiger partial charge in [0.25, 0.3) is 0 Å². The lowest BCUT2D eigenvalue weighted by Gasteiger charge is -2.49. The van der Waals surface area contributed by atoms with Gasteiger partial charge in [-0.05, 0) is 28.5 Å². The van der Waals surface area contributed by atoms with E-state index in [9.17, 15) is 10.2 Å². The predicted molar refractivity (Wildman–Crippen MR) is 178 cm³/mol. The van der Waals surface area contributed by atoms with Crippen LogP contribution in [0.15, 0.2) is 0 Å². The summed E-state index contributed by atoms with van der Waals surface area (Å²) in [7, 11) is 2.04. The number of methoxy groups -OCH3 is 3. The molecule has 0 radical (unpaired) electrons. The molecule has 264 valence electrons. The number of terminal acetylenes is 2. The van der Waals surface area contributed by atoms with Crippen LogP contribution in [-0.2, 0) is 42.3 Å². The van der Waals surface area contributed by atoms with Crippen molar-refractivity contribution in [3.05, 3.63) is 0 Å². The predicted octanol–water partition coefficient (Wildman–Crippen LogP) is 2.54. The van der Waals surface area contributed by atoms with Gasteiger partial charge in [-0.25, -0.2) is 0 Å². The molecule has 2 N–H and O–H groups in total. The van der Waals surface area contributed by atoms with Crippen molar-refractivity contribution in [1.82, 2.24) is 0 Å². The Hall–Kier alpha value is -1.98. The number of ether oxygens (including phenoxy) is 8. The summed E-state index contributed by atoms with van der Waals surface area (Å²) in [5.74, 6) is 15.6. The van der Waals surface area contributed by atoms with Gasteiger partial charge in [0, 0.05) is 21.3 Å². The first kappa shape index (κ1) is 41.2. The van der Waals surface area contributed by atoms with E-state index in [-0.39, 0.29) is 43.6 Å². The van der Waals surface area contributed by atoms with Crippen LogP contribution in [0.2, 0.25) is 16.6 Å². The fourth-order valence-electron chi connectivity index (χ4n) is 6.75. The maximum atomic E-state index is 11.7. The molecule has 0 aromatic carbocycles. The van der Waals surface area contributed by atoms with Gasteiger partial charge in [0.05, 0.1) is 43.4 Å². The topological polar surface area (TPSA) is 124 Å². The highest BCUT2D eigenvalue weighted by Crippen LogP contribution is 2.45. The summed E-state index contributed by atoms with van der Waals surface area (Å²) in [4.78, 5) is 0. The maximum absolute atomic E-state index is 11.7. The molecule has 0 spiro atoms. The Morgan fingerprint density at radius 3 is 1.77 bits per heavy atom. The molecule has 2 aliphatic heterocycles. The summed E-state index contributed by atoms with van der Waals surface area (Å²) in [6.45, 7) is 12.6. The van der Waals surface area contributed by atoms with Gasteiger partial charge in [0.15, 0.2) is 0 Å². The summed E-state index contributed by atoms with van der Waals surface area (Å²) in [6, 6.07) is 0. The van der Waals surface area contributed by atoms with Crippen LogP contribution < -0.4 is 0 Å². The Kier molecular flexibility index (Phi) is 18.0. The minimum atomic E-state index is -2.47. The van der Waals surface area contributed by atoms with Gasteiger partial charge in [-0.3, -0.25) is 0 Å². The van der Waals surface area contributed by atoms with Crippen LogP contribution in [0, 0.1) is 60.2 Å². The normalized spacial score (nSPS) is 31.1. The Morgan fingerprint density at radius 1 is 0.702 bits per heavy atom. The maximum Gasteiger partial charge on any atom is 0.201 e. The van der Waals surface area contributed by atoms with Crippen molar-refractivity contribution >= 4 is 8.32 Å². The standard InChI is InChI=1S/C35H54O11Si/c1-12-26-31(19-41-20-38-9)45-29(35(43-22-40-11)33(26)42-21-39-10)17-15-14-16-27-30(18-36)44-28(13-2)34(32(27)37)46-47(23(3)4,24(5)6)25(7)8/h1-2,23-37H,18-22H2,3-11H3/t26-,27-,28+,29+,30-,31-,32+,33+,34+,35+/m1/s1. The number of hydrogen-bond acceptors (Lipinski definition) is 11. The highest BCUT2D eigenvalue weighted by Gasteiger charge is 2.53. The second-order valence-electron chi connectivity index (χ2n) is 12.5.